The lowest BCUT2D eigenvalue weighted by molar-refractivity contribution is 0.0698. The quantitative estimate of drug-likeness (QED) is 0.706. The number of rotatable bonds is 5. The van der Waals surface area contributed by atoms with Crippen molar-refractivity contribution < 1.29 is 9.90 Å². The Morgan fingerprint density at radius 1 is 1.47 bits per heavy atom. The molecule has 2 aromatic rings. The van der Waals surface area contributed by atoms with E-state index in [0.29, 0.717) is 6.54 Å². The fourth-order valence-electron chi connectivity index (χ4n) is 1.78. The summed E-state index contributed by atoms with van der Waals surface area (Å²) >= 11 is 0. The molecule has 0 unspecified atom stereocenters. The molecule has 4 N–H and O–H groups in total. The lowest BCUT2D eigenvalue weighted by atomic mass is 10.1. The smallest absolute Gasteiger partial charge is 0.337 e. The third-order valence-corrected chi connectivity index (χ3v) is 2.76. The topological polar surface area (TPSA) is 93.2 Å². The van der Waals surface area contributed by atoms with E-state index < -0.39 is 5.97 Å². The molecule has 0 aliphatic heterocycles. The molecule has 0 spiro atoms. The predicted molar refractivity (Wildman–Crippen MR) is 73.2 cm³/mol. The highest BCUT2D eigenvalue weighted by Crippen LogP contribution is 2.17. The SMILES string of the molecule is Cn1ccc(CCNc2ccc(N)c(C(=O)O)c2)n1. The molecule has 0 amide bonds. The number of carboxylic acid groups (broad SMARTS) is 1. The zero-order valence-electron chi connectivity index (χ0n) is 10.6. The summed E-state index contributed by atoms with van der Waals surface area (Å²) in [6.07, 6.45) is 2.66. The molecule has 6 heteroatoms. The van der Waals surface area contributed by atoms with Crippen LogP contribution in [0.5, 0.6) is 0 Å². The molecular formula is C13H16N4O2. The number of aromatic nitrogens is 2. The molecule has 0 saturated carbocycles. The van der Waals surface area contributed by atoms with Crippen molar-refractivity contribution in [1.29, 1.82) is 0 Å². The highest BCUT2D eigenvalue weighted by Gasteiger charge is 2.08. The summed E-state index contributed by atoms with van der Waals surface area (Å²) in [6.45, 7) is 0.681. The van der Waals surface area contributed by atoms with Crippen molar-refractivity contribution in [3.8, 4) is 0 Å². The molecule has 1 aromatic carbocycles. The lowest BCUT2D eigenvalue weighted by Crippen LogP contribution is -2.08. The van der Waals surface area contributed by atoms with Gasteiger partial charge in [0.2, 0.25) is 0 Å². The fourth-order valence-corrected chi connectivity index (χ4v) is 1.78. The number of nitrogens with zero attached hydrogens (tertiary/aromatic N) is 2. The molecule has 1 aromatic heterocycles. The molecule has 6 nitrogen and oxygen atoms in total. The minimum absolute atomic E-state index is 0.114. The second kappa shape index (κ2) is 5.43. The predicted octanol–water partition coefficient (Wildman–Crippen LogP) is 1.36. The van der Waals surface area contributed by atoms with Crippen LogP contribution in [0.4, 0.5) is 11.4 Å². The first kappa shape index (κ1) is 12.9. The van der Waals surface area contributed by atoms with Crippen molar-refractivity contribution in [1.82, 2.24) is 9.78 Å². The molecular weight excluding hydrogens is 244 g/mol. The molecule has 1 heterocycles. The van der Waals surface area contributed by atoms with E-state index in [0.717, 1.165) is 17.8 Å². The Bertz CT molecular complexity index is 592. The summed E-state index contributed by atoms with van der Waals surface area (Å²) in [5.74, 6) is -1.02. The number of nitrogen functional groups attached to an aromatic ring is 1. The van der Waals surface area contributed by atoms with Gasteiger partial charge in [0.25, 0.3) is 0 Å². The van der Waals surface area contributed by atoms with Gasteiger partial charge in [-0.3, -0.25) is 4.68 Å². The Kier molecular flexibility index (Phi) is 3.70. The Morgan fingerprint density at radius 2 is 2.26 bits per heavy atom. The normalized spacial score (nSPS) is 10.4. The number of benzene rings is 1. The van der Waals surface area contributed by atoms with E-state index in [2.05, 4.69) is 10.4 Å². The number of carboxylic acids is 1. The molecule has 2 rings (SSSR count). The number of aryl methyl sites for hydroxylation is 1. The second-order valence-corrected chi connectivity index (χ2v) is 4.26. The van der Waals surface area contributed by atoms with Crippen LogP contribution in [0.1, 0.15) is 16.1 Å². The van der Waals surface area contributed by atoms with Crippen molar-refractivity contribution in [2.75, 3.05) is 17.6 Å². The van der Waals surface area contributed by atoms with Gasteiger partial charge in [-0.15, -0.1) is 0 Å². The number of nitrogens with one attached hydrogen (secondary N) is 1. The number of hydrogen-bond donors (Lipinski definition) is 3. The van der Waals surface area contributed by atoms with Gasteiger partial charge >= 0.3 is 5.97 Å². The van der Waals surface area contributed by atoms with Crippen molar-refractivity contribution in [3.05, 3.63) is 41.7 Å². The zero-order valence-corrected chi connectivity index (χ0v) is 10.6. The summed E-state index contributed by atoms with van der Waals surface area (Å²) in [4.78, 5) is 11.0. The van der Waals surface area contributed by atoms with Gasteiger partial charge in [-0.05, 0) is 24.3 Å². The monoisotopic (exact) mass is 260 g/mol. The second-order valence-electron chi connectivity index (χ2n) is 4.26. The number of hydrogen-bond acceptors (Lipinski definition) is 4. The molecule has 0 fully saturated rings. The van der Waals surface area contributed by atoms with E-state index in [1.165, 1.54) is 6.07 Å². The third-order valence-electron chi connectivity index (χ3n) is 2.76. The minimum Gasteiger partial charge on any atom is -0.478 e. The van der Waals surface area contributed by atoms with Crippen LogP contribution in [0.3, 0.4) is 0 Å². The Hall–Kier alpha value is -2.50. The van der Waals surface area contributed by atoms with E-state index in [9.17, 15) is 4.79 Å². The molecule has 0 radical (unpaired) electrons. The standard InChI is InChI=1S/C13H16N4O2/c1-17-7-5-9(16-17)4-6-15-10-2-3-12(14)11(8-10)13(18)19/h2-3,5,7-8,15H,4,6,14H2,1H3,(H,18,19). The Morgan fingerprint density at radius 3 is 2.89 bits per heavy atom. The van der Waals surface area contributed by atoms with Crippen molar-refractivity contribution in [2.24, 2.45) is 7.05 Å². The van der Waals surface area contributed by atoms with Crippen LogP contribution in [0.2, 0.25) is 0 Å². The molecule has 0 aliphatic rings. The van der Waals surface area contributed by atoms with Crippen LogP contribution in [-0.2, 0) is 13.5 Å². The number of anilines is 2. The Balaban J connectivity index is 1.96. The van der Waals surface area contributed by atoms with Gasteiger partial charge in [-0.2, -0.15) is 5.10 Å². The summed E-state index contributed by atoms with van der Waals surface area (Å²) in [5, 5.41) is 16.4. The van der Waals surface area contributed by atoms with Crippen molar-refractivity contribution >= 4 is 17.3 Å². The average molecular weight is 260 g/mol. The zero-order chi connectivity index (χ0) is 13.8. The maximum Gasteiger partial charge on any atom is 0.337 e. The minimum atomic E-state index is -1.02. The van der Waals surface area contributed by atoms with Crippen LogP contribution in [0.15, 0.2) is 30.5 Å². The molecule has 0 bridgehead atoms. The van der Waals surface area contributed by atoms with Gasteiger partial charge in [0, 0.05) is 37.6 Å². The third kappa shape index (κ3) is 3.25. The maximum atomic E-state index is 11.0. The van der Waals surface area contributed by atoms with Gasteiger partial charge in [-0.1, -0.05) is 0 Å². The highest BCUT2D eigenvalue weighted by molar-refractivity contribution is 5.94. The molecule has 0 aliphatic carbocycles. The first-order chi connectivity index (χ1) is 9.06. The Labute approximate surface area is 110 Å². The van der Waals surface area contributed by atoms with E-state index in [1.807, 2.05) is 19.3 Å². The highest BCUT2D eigenvalue weighted by atomic mass is 16.4. The van der Waals surface area contributed by atoms with Crippen LogP contribution >= 0.6 is 0 Å². The van der Waals surface area contributed by atoms with Gasteiger partial charge < -0.3 is 16.2 Å². The molecule has 0 saturated heterocycles. The van der Waals surface area contributed by atoms with Crippen LogP contribution in [0.25, 0.3) is 0 Å². The fraction of sp³-hybridized carbons (Fsp3) is 0.231. The molecule has 19 heavy (non-hydrogen) atoms. The van der Waals surface area contributed by atoms with Crippen LogP contribution in [-0.4, -0.2) is 27.4 Å². The average Bonchev–Trinajstić information content (AvgIpc) is 2.77. The van der Waals surface area contributed by atoms with Gasteiger partial charge in [0.1, 0.15) is 0 Å². The number of aromatic carboxylic acids is 1. The first-order valence-electron chi connectivity index (χ1n) is 5.91. The maximum absolute atomic E-state index is 11.0. The number of nitrogens with two attached hydrogens (primary N) is 1. The van der Waals surface area contributed by atoms with Gasteiger partial charge in [-0.25, -0.2) is 4.79 Å². The van der Waals surface area contributed by atoms with E-state index in [1.54, 1.807) is 16.8 Å². The van der Waals surface area contributed by atoms with Crippen molar-refractivity contribution in [2.45, 2.75) is 6.42 Å². The van der Waals surface area contributed by atoms with E-state index in [4.69, 9.17) is 10.8 Å². The summed E-state index contributed by atoms with van der Waals surface area (Å²) in [6, 6.07) is 6.84. The largest absolute Gasteiger partial charge is 0.478 e. The lowest BCUT2D eigenvalue weighted by Gasteiger charge is -2.07. The number of carbonyl (C=O) groups is 1. The summed E-state index contributed by atoms with van der Waals surface area (Å²) < 4.78 is 1.75. The summed E-state index contributed by atoms with van der Waals surface area (Å²) in [5.41, 5.74) is 7.70. The van der Waals surface area contributed by atoms with Crippen LogP contribution < -0.4 is 11.1 Å². The van der Waals surface area contributed by atoms with Crippen LogP contribution in [0, 0.1) is 0 Å². The summed E-state index contributed by atoms with van der Waals surface area (Å²) in [7, 11) is 1.87. The van der Waals surface area contributed by atoms with Gasteiger partial charge in [0.05, 0.1) is 11.3 Å². The van der Waals surface area contributed by atoms with Crippen molar-refractivity contribution in [3.63, 3.8) is 0 Å². The molecule has 100 valence electrons. The van der Waals surface area contributed by atoms with Gasteiger partial charge in [0.15, 0.2) is 0 Å². The van der Waals surface area contributed by atoms with E-state index >= 15 is 0 Å². The van der Waals surface area contributed by atoms with E-state index in [-0.39, 0.29) is 11.3 Å². The first-order valence-corrected chi connectivity index (χ1v) is 5.91. The molecule has 0 atom stereocenters.